The highest BCUT2D eigenvalue weighted by atomic mass is 35.5. The molecule has 0 saturated carbocycles. The maximum absolute atomic E-state index is 14.1. The SMILES string of the molecule is Cc1oncc1Nc1ncnc2ccc(-c3cnc(Cl)c(NS(=O)(=O)c4ccc(F)cc4F)c3)nc12. The molecule has 0 amide bonds. The molecule has 14 heteroatoms. The summed E-state index contributed by atoms with van der Waals surface area (Å²) in [6, 6.07) is 6.88. The van der Waals surface area contributed by atoms with Crippen LogP contribution in [0, 0.1) is 18.6 Å². The van der Waals surface area contributed by atoms with Gasteiger partial charge in [0.1, 0.15) is 34.1 Å². The second kappa shape index (κ2) is 9.09. The van der Waals surface area contributed by atoms with Crippen LogP contribution in [-0.4, -0.2) is 33.5 Å². The summed E-state index contributed by atoms with van der Waals surface area (Å²) in [5.74, 6) is -1.22. The fourth-order valence-corrected chi connectivity index (χ4v) is 4.62. The van der Waals surface area contributed by atoms with E-state index in [1.807, 2.05) is 0 Å². The number of fused-ring (bicyclic) bond motifs is 1. The zero-order valence-corrected chi connectivity index (χ0v) is 19.8. The minimum Gasteiger partial charge on any atom is -0.359 e. The van der Waals surface area contributed by atoms with Gasteiger partial charge in [-0.05, 0) is 37.3 Å². The van der Waals surface area contributed by atoms with E-state index < -0.39 is 26.6 Å². The largest absolute Gasteiger partial charge is 0.359 e. The Morgan fingerprint density at radius 3 is 2.58 bits per heavy atom. The van der Waals surface area contributed by atoms with Crippen molar-refractivity contribution >= 4 is 49.9 Å². The van der Waals surface area contributed by atoms with Gasteiger partial charge in [0.2, 0.25) is 0 Å². The number of sulfonamides is 1. The second-order valence-corrected chi connectivity index (χ2v) is 9.46. The van der Waals surface area contributed by atoms with Gasteiger partial charge in [-0.15, -0.1) is 0 Å². The predicted octanol–water partition coefficient (Wildman–Crippen LogP) is 4.86. The molecule has 4 heterocycles. The first kappa shape index (κ1) is 23.5. The first-order chi connectivity index (χ1) is 17.2. The molecular weight excluding hydrogens is 516 g/mol. The fourth-order valence-electron chi connectivity index (χ4n) is 3.29. The quantitative estimate of drug-likeness (QED) is 0.295. The summed E-state index contributed by atoms with van der Waals surface area (Å²) in [6.07, 6.45) is 4.27. The Labute approximate surface area is 207 Å². The zero-order valence-electron chi connectivity index (χ0n) is 18.2. The highest BCUT2D eigenvalue weighted by molar-refractivity contribution is 7.92. The number of halogens is 3. The number of rotatable bonds is 6. The van der Waals surface area contributed by atoms with Crippen LogP contribution in [0.3, 0.4) is 0 Å². The number of nitrogens with one attached hydrogen (secondary N) is 2. The molecule has 0 atom stereocenters. The minimum absolute atomic E-state index is 0.123. The summed E-state index contributed by atoms with van der Waals surface area (Å²) >= 11 is 6.10. The van der Waals surface area contributed by atoms with Crippen LogP contribution in [0.4, 0.5) is 26.0 Å². The van der Waals surface area contributed by atoms with Crippen molar-refractivity contribution in [1.82, 2.24) is 25.1 Å². The van der Waals surface area contributed by atoms with Gasteiger partial charge in [-0.3, -0.25) is 4.72 Å². The van der Waals surface area contributed by atoms with Crippen molar-refractivity contribution in [3.63, 3.8) is 0 Å². The number of nitrogens with zero attached hydrogens (tertiary/aromatic N) is 5. The lowest BCUT2D eigenvalue weighted by Crippen LogP contribution is -2.15. The van der Waals surface area contributed by atoms with Crippen LogP contribution in [0.1, 0.15) is 5.76 Å². The van der Waals surface area contributed by atoms with Gasteiger partial charge in [0.15, 0.2) is 16.7 Å². The number of hydrogen-bond acceptors (Lipinski definition) is 9. The third kappa shape index (κ3) is 4.53. The maximum atomic E-state index is 14.1. The van der Waals surface area contributed by atoms with E-state index in [0.717, 1.165) is 12.1 Å². The number of hydrogen-bond donors (Lipinski definition) is 2. The normalized spacial score (nSPS) is 11.6. The van der Waals surface area contributed by atoms with Crippen LogP contribution in [0.25, 0.3) is 22.3 Å². The molecule has 182 valence electrons. The molecule has 0 spiro atoms. The summed E-state index contributed by atoms with van der Waals surface area (Å²) in [6.45, 7) is 1.73. The zero-order chi connectivity index (χ0) is 25.4. The van der Waals surface area contributed by atoms with Crippen molar-refractivity contribution in [2.45, 2.75) is 11.8 Å². The Morgan fingerprint density at radius 2 is 1.83 bits per heavy atom. The molecule has 0 fully saturated rings. The van der Waals surface area contributed by atoms with Crippen molar-refractivity contribution in [2.75, 3.05) is 10.0 Å². The Kier molecular flexibility index (Phi) is 5.94. The number of anilines is 3. The summed E-state index contributed by atoms with van der Waals surface area (Å²) in [5.41, 5.74) is 2.23. The van der Waals surface area contributed by atoms with E-state index in [0.29, 0.717) is 45.6 Å². The monoisotopic (exact) mass is 529 g/mol. The Hall–Kier alpha value is -4.23. The van der Waals surface area contributed by atoms with Gasteiger partial charge in [0.25, 0.3) is 10.0 Å². The van der Waals surface area contributed by atoms with E-state index >= 15 is 0 Å². The molecule has 4 aromatic heterocycles. The van der Waals surface area contributed by atoms with Crippen LogP contribution < -0.4 is 10.0 Å². The van der Waals surface area contributed by atoms with Crippen LogP contribution in [0.5, 0.6) is 0 Å². The first-order valence-electron chi connectivity index (χ1n) is 10.1. The molecule has 0 aliphatic carbocycles. The maximum Gasteiger partial charge on any atom is 0.264 e. The van der Waals surface area contributed by atoms with Crippen LogP contribution in [0.15, 0.2) is 64.5 Å². The number of aromatic nitrogens is 5. The van der Waals surface area contributed by atoms with E-state index in [4.69, 9.17) is 16.1 Å². The smallest absolute Gasteiger partial charge is 0.264 e. The van der Waals surface area contributed by atoms with E-state index in [1.54, 1.807) is 19.1 Å². The summed E-state index contributed by atoms with van der Waals surface area (Å²) in [7, 11) is -4.44. The van der Waals surface area contributed by atoms with Crippen molar-refractivity contribution in [1.29, 1.82) is 0 Å². The number of pyridine rings is 2. The summed E-state index contributed by atoms with van der Waals surface area (Å²) in [4.78, 5) is 16.3. The molecule has 0 unspecified atom stereocenters. The van der Waals surface area contributed by atoms with Gasteiger partial charge in [-0.1, -0.05) is 16.8 Å². The lowest BCUT2D eigenvalue weighted by Gasteiger charge is -2.12. The molecule has 2 N–H and O–H groups in total. The first-order valence-corrected chi connectivity index (χ1v) is 12.0. The molecule has 1 aromatic carbocycles. The Morgan fingerprint density at radius 1 is 1.00 bits per heavy atom. The number of benzene rings is 1. The van der Waals surface area contributed by atoms with Crippen molar-refractivity contribution < 1.29 is 21.7 Å². The molecule has 0 bridgehead atoms. The molecule has 0 aliphatic heterocycles. The van der Waals surface area contributed by atoms with Crippen LogP contribution in [-0.2, 0) is 10.0 Å². The Balaban J connectivity index is 1.52. The molecule has 36 heavy (non-hydrogen) atoms. The molecule has 5 rings (SSSR count). The van der Waals surface area contributed by atoms with Gasteiger partial charge >= 0.3 is 0 Å². The molecule has 0 saturated heterocycles. The molecule has 0 aliphatic rings. The fraction of sp³-hybridized carbons (Fsp3) is 0.0455. The highest BCUT2D eigenvalue weighted by Crippen LogP contribution is 2.30. The molecule has 10 nitrogen and oxygen atoms in total. The van der Waals surface area contributed by atoms with Gasteiger partial charge in [0, 0.05) is 17.8 Å². The third-order valence-corrected chi connectivity index (χ3v) is 6.75. The summed E-state index contributed by atoms with van der Waals surface area (Å²) < 4.78 is 60.0. The minimum atomic E-state index is -4.44. The lowest BCUT2D eigenvalue weighted by atomic mass is 10.1. The molecule has 0 radical (unpaired) electrons. The van der Waals surface area contributed by atoms with Crippen molar-refractivity contribution in [2.24, 2.45) is 0 Å². The summed E-state index contributed by atoms with van der Waals surface area (Å²) in [5, 5.41) is 6.63. The predicted molar refractivity (Wildman–Crippen MR) is 127 cm³/mol. The average Bonchev–Trinajstić information content (AvgIpc) is 3.24. The number of aryl methyl sites for hydroxylation is 1. The molecule has 5 aromatic rings. The van der Waals surface area contributed by atoms with Gasteiger partial charge < -0.3 is 9.84 Å². The molecular formula is C22H14ClF2N7O3S. The van der Waals surface area contributed by atoms with E-state index in [2.05, 4.69) is 35.1 Å². The average molecular weight is 530 g/mol. The standard InChI is InChI=1S/C22H14ClF2N7O3S/c1-11-18(9-29-35-11)31-22-20-16(27-10-28-22)4-3-15(30-20)12-6-17(21(23)26-8-12)32-36(33,34)19-5-2-13(24)7-14(19)25/h2-10,32H,1H3,(H,27,28,31). The van der Waals surface area contributed by atoms with Crippen LogP contribution >= 0.6 is 11.6 Å². The van der Waals surface area contributed by atoms with Gasteiger partial charge in [0.05, 0.1) is 23.1 Å². The second-order valence-electron chi connectivity index (χ2n) is 7.45. The highest BCUT2D eigenvalue weighted by Gasteiger charge is 2.22. The van der Waals surface area contributed by atoms with E-state index in [-0.39, 0.29) is 10.8 Å². The topological polar surface area (TPSA) is 136 Å². The van der Waals surface area contributed by atoms with Gasteiger partial charge in [-0.2, -0.15) is 0 Å². The lowest BCUT2D eigenvalue weighted by molar-refractivity contribution is 0.398. The Bertz CT molecular complexity index is 1730. The third-order valence-electron chi connectivity index (χ3n) is 5.05. The van der Waals surface area contributed by atoms with Crippen LogP contribution in [0.2, 0.25) is 5.15 Å². The van der Waals surface area contributed by atoms with Crippen molar-refractivity contribution in [3.05, 3.63) is 77.7 Å². The van der Waals surface area contributed by atoms with Gasteiger partial charge in [-0.25, -0.2) is 37.1 Å². The van der Waals surface area contributed by atoms with E-state index in [1.165, 1.54) is 24.8 Å². The van der Waals surface area contributed by atoms with Crippen molar-refractivity contribution in [3.8, 4) is 11.3 Å². The van der Waals surface area contributed by atoms with E-state index in [9.17, 15) is 17.2 Å².